The second-order valence-corrected chi connectivity index (χ2v) is 13.8. The van der Waals surface area contributed by atoms with Crippen molar-refractivity contribution in [3.05, 3.63) is 57.9 Å². The molecule has 2 aliphatic rings. The average Bonchev–Trinajstić information content (AvgIpc) is 3.15. The Morgan fingerprint density at radius 1 is 0.977 bits per heavy atom. The van der Waals surface area contributed by atoms with E-state index in [4.69, 9.17) is 14.2 Å². The fourth-order valence-corrected chi connectivity index (χ4v) is 7.06. The second kappa shape index (κ2) is 14.0. The van der Waals surface area contributed by atoms with E-state index in [1.54, 1.807) is 7.11 Å². The quantitative estimate of drug-likeness (QED) is 0.252. The molecule has 0 radical (unpaired) electrons. The standard InChI is InChI=1S/C38H54FNO4/c1-10-18-30-33-28(23-32(43-11-2)36(34(33)39)44-12-3)38(7,8)40(30)24-31(41)26-21-27(25-19-16-14-13-15-17-20-25)35(42-9)29(22-26)37(4,5)6/h18,21-23,25H,10-17,19-20,24H2,1-9H3. The van der Waals surface area contributed by atoms with E-state index in [0.29, 0.717) is 42.4 Å². The summed E-state index contributed by atoms with van der Waals surface area (Å²) in [5, 5.41) is 0. The predicted octanol–water partition coefficient (Wildman–Crippen LogP) is 9.94. The first-order chi connectivity index (χ1) is 20.9. The van der Waals surface area contributed by atoms with Gasteiger partial charge in [0.25, 0.3) is 0 Å². The van der Waals surface area contributed by atoms with Crippen molar-refractivity contribution in [2.45, 2.75) is 124 Å². The minimum atomic E-state index is -0.648. The summed E-state index contributed by atoms with van der Waals surface area (Å²) in [6.07, 6.45) is 11.2. The van der Waals surface area contributed by atoms with Crippen LogP contribution in [0.25, 0.3) is 5.70 Å². The third kappa shape index (κ3) is 6.65. The van der Waals surface area contributed by atoms with Crippen LogP contribution in [0.3, 0.4) is 0 Å². The number of methoxy groups -OCH3 is 1. The van der Waals surface area contributed by atoms with Gasteiger partial charge in [-0.05, 0) is 87.6 Å². The SMILES string of the molecule is CCC=C1c2c(cc(OCC)c(OCC)c2F)C(C)(C)N1CC(=O)c1cc(C2CCCCCCC2)c(OC)c(C(C)(C)C)c1. The van der Waals surface area contributed by atoms with E-state index < -0.39 is 11.4 Å². The molecule has 1 aliphatic carbocycles. The molecular formula is C38H54FNO4. The zero-order chi connectivity index (χ0) is 32.2. The number of hydrogen-bond acceptors (Lipinski definition) is 5. The van der Waals surface area contributed by atoms with Crippen molar-refractivity contribution in [2.75, 3.05) is 26.9 Å². The number of allylic oxidation sites excluding steroid dienone is 1. The molecule has 0 atom stereocenters. The van der Waals surface area contributed by atoms with E-state index in [2.05, 4.69) is 45.6 Å². The molecule has 2 aromatic carbocycles. The first kappa shape index (κ1) is 33.9. The fourth-order valence-electron chi connectivity index (χ4n) is 7.06. The summed E-state index contributed by atoms with van der Waals surface area (Å²) in [6.45, 7) is 17.2. The molecule has 0 amide bonds. The Bertz CT molecular complexity index is 1360. The van der Waals surface area contributed by atoms with Gasteiger partial charge < -0.3 is 19.1 Å². The molecule has 1 fully saturated rings. The molecule has 1 saturated carbocycles. The highest BCUT2D eigenvalue weighted by Gasteiger charge is 2.44. The van der Waals surface area contributed by atoms with Crippen LogP contribution in [0, 0.1) is 5.82 Å². The van der Waals surface area contributed by atoms with Gasteiger partial charge >= 0.3 is 0 Å². The Labute approximate surface area is 265 Å². The molecule has 0 unspecified atom stereocenters. The van der Waals surface area contributed by atoms with Crippen LogP contribution in [0.5, 0.6) is 17.2 Å². The second-order valence-electron chi connectivity index (χ2n) is 13.8. The van der Waals surface area contributed by atoms with Crippen molar-refractivity contribution in [1.82, 2.24) is 4.90 Å². The molecule has 0 aromatic heterocycles. The van der Waals surface area contributed by atoms with Gasteiger partial charge in [-0.15, -0.1) is 0 Å². The Morgan fingerprint density at radius 2 is 1.61 bits per heavy atom. The summed E-state index contributed by atoms with van der Waals surface area (Å²) in [7, 11) is 1.76. The molecule has 1 aliphatic heterocycles. The number of Topliss-reactive ketones (excluding diaryl/α,β-unsaturated/α-hetero) is 1. The van der Waals surface area contributed by atoms with Crippen molar-refractivity contribution in [3.63, 3.8) is 0 Å². The Balaban J connectivity index is 1.81. The van der Waals surface area contributed by atoms with Gasteiger partial charge in [-0.2, -0.15) is 0 Å². The summed E-state index contributed by atoms with van der Waals surface area (Å²) >= 11 is 0. The number of carbonyl (C=O) groups excluding carboxylic acids is 1. The lowest BCUT2D eigenvalue weighted by Crippen LogP contribution is -2.38. The van der Waals surface area contributed by atoms with Crippen LogP contribution in [0.4, 0.5) is 4.39 Å². The molecule has 5 nitrogen and oxygen atoms in total. The Morgan fingerprint density at radius 3 is 2.18 bits per heavy atom. The van der Waals surface area contributed by atoms with Gasteiger partial charge in [-0.1, -0.05) is 65.9 Å². The maximum Gasteiger partial charge on any atom is 0.197 e. The molecule has 6 heteroatoms. The summed E-state index contributed by atoms with van der Waals surface area (Å²) in [6, 6.07) is 6.04. The third-order valence-corrected chi connectivity index (χ3v) is 9.35. The van der Waals surface area contributed by atoms with E-state index in [0.717, 1.165) is 41.0 Å². The minimum absolute atomic E-state index is 0.0172. The van der Waals surface area contributed by atoms with Crippen LogP contribution in [0.15, 0.2) is 24.3 Å². The monoisotopic (exact) mass is 607 g/mol. The number of halogens is 1. The lowest BCUT2D eigenvalue weighted by molar-refractivity contribution is 0.0911. The predicted molar refractivity (Wildman–Crippen MR) is 178 cm³/mol. The number of ether oxygens (including phenoxy) is 3. The van der Waals surface area contributed by atoms with Crippen molar-refractivity contribution in [3.8, 4) is 17.2 Å². The number of nitrogens with zero attached hydrogens (tertiary/aromatic N) is 1. The van der Waals surface area contributed by atoms with Crippen LogP contribution in [-0.2, 0) is 11.0 Å². The number of ketones is 1. The molecule has 44 heavy (non-hydrogen) atoms. The fraction of sp³-hybridized carbons (Fsp3) is 0.605. The summed E-state index contributed by atoms with van der Waals surface area (Å²) in [5.41, 5.74) is 4.09. The molecule has 0 bridgehead atoms. The van der Waals surface area contributed by atoms with Crippen LogP contribution in [0.1, 0.15) is 145 Å². The summed E-state index contributed by atoms with van der Waals surface area (Å²) < 4.78 is 34.0. The molecule has 0 spiro atoms. The number of rotatable bonds is 10. The molecule has 0 N–H and O–H groups in total. The first-order valence-corrected chi connectivity index (χ1v) is 16.8. The van der Waals surface area contributed by atoms with Gasteiger partial charge in [0, 0.05) is 22.4 Å². The number of benzene rings is 2. The number of hydrogen-bond donors (Lipinski definition) is 0. The zero-order valence-corrected chi connectivity index (χ0v) is 28.6. The largest absolute Gasteiger partial charge is 0.496 e. The number of carbonyl (C=O) groups is 1. The van der Waals surface area contributed by atoms with Crippen LogP contribution in [-0.4, -0.2) is 37.6 Å². The number of fused-ring (bicyclic) bond motifs is 1. The van der Waals surface area contributed by atoms with Gasteiger partial charge in [0.2, 0.25) is 0 Å². The van der Waals surface area contributed by atoms with Crippen molar-refractivity contribution >= 4 is 11.5 Å². The summed E-state index contributed by atoms with van der Waals surface area (Å²) in [4.78, 5) is 16.5. The molecule has 242 valence electrons. The van der Waals surface area contributed by atoms with Crippen LogP contribution >= 0.6 is 0 Å². The summed E-state index contributed by atoms with van der Waals surface area (Å²) in [5.74, 6) is 1.41. The first-order valence-electron chi connectivity index (χ1n) is 16.8. The highest BCUT2D eigenvalue weighted by Crippen LogP contribution is 2.51. The van der Waals surface area contributed by atoms with Gasteiger partial charge in [0.05, 0.1) is 32.4 Å². The highest BCUT2D eigenvalue weighted by molar-refractivity contribution is 5.99. The maximum absolute atomic E-state index is 16.3. The normalized spacial score (nSPS) is 18.1. The zero-order valence-electron chi connectivity index (χ0n) is 28.6. The maximum atomic E-state index is 16.3. The van der Waals surface area contributed by atoms with E-state index in [9.17, 15) is 4.79 Å². The smallest absolute Gasteiger partial charge is 0.197 e. The third-order valence-electron chi connectivity index (χ3n) is 9.35. The molecule has 1 heterocycles. The van der Waals surface area contributed by atoms with Crippen molar-refractivity contribution in [2.24, 2.45) is 0 Å². The van der Waals surface area contributed by atoms with Gasteiger partial charge in [-0.25, -0.2) is 4.39 Å². The lowest BCUT2D eigenvalue weighted by Gasteiger charge is -2.35. The molecule has 0 saturated heterocycles. The van der Waals surface area contributed by atoms with Crippen molar-refractivity contribution < 1.29 is 23.4 Å². The van der Waals surface area contributed by atoms with Crippen molar-refractivity contribution in [1.29, 1.82) is 0 Å². The Hall–Kier alpha value is -3.02. The van der Waals surface area contributed by atoms with Gasteiger partial charge in [0.15, 0.2) is 23.1 Å². The Kier molecular flexibility index (Phi) is 10.7. The van der Waals surface area contributed by atoms with E-state index in [1.807, 2.05) is 39.0 Å². The topological polar surface area (TPSA) is 48.0 Å². The van der Waals surface area contributed by atoms with Gasteiger partial charge in [0.1, 0.15) is 5.75 Å². The molecule has 4 rings (SSSR count). The van der Waals surface area contributed by atoms with E-state index in [1.165, 1.54) is 32.1 Å². The van der Waals surface area contributed by atoms with Gasteiger partial charge in [-0.3, -0.25) is 4.79 Å². The lowest BCUT2D eigenvalue weighted by atomic mass is 9.78. The molecule has 2 aromatic rings. The molecular weight excluding hydrogens is 553 g/mol. The average molecular weight is 608 g/mol. The van der Waals surface area contributed by atoms with E-state index >= 15 is 4.39 Å². The highest BCUT2D eigenvalue weighted by atomic mass is 19.1. The van der Waals surface area contributed by atoms with Crippen LogP contribution < -0.4 is 14.2 Å². The minimum Gasteiger partial charge on any atom is -0.496 e. The van der Waals surface area contributed by atoms with E-state index in [-0.39, 0.29) is 23.5 Å². The van der Waals surface area contributed by atoms with Crippen LogP contribution in [0.2, 0.25) is 0 Å².